The third-order valence-electron chi connectivity index (χ3n) is 15.6. The Balaban J connectivity index is 3.34. The van der Waals surface area contributed by atoms with Crippen molar-refractivity contribution in [1.82, 2.24) is 5.32 Å². The van der Waals surface area contributed by atoms with E-state index in [1.54, 1.807) is 0 Å². The van der Waals surface area contributed by atoms with Crippen LogP contribution in [-0.4, -0.2) is 47.4 Å². The van der Waals surface area contributed by atoms with Crippen molar-refractivity contribution >= 4 is 11.9 Å². The molecular formula is C66H129NO5. The van der Waals surface area contributed by atoms with E-state index in [0.29, 0.717) is 25.9 Å². The van der Waals surface area contributed by atoms with Crippen molar-refractivity contribution in [2.45, 2.75) is 386 Å². The van der Waals surface area contributed by atoms with Gasteiger partial charge in [-0.1, -0.05) is 321 Å². The van der Waals surface area contributed by atoms with Crippen molar-refractivity contribution in [3.8, 4) is 0 Å². The predicted molar refractivity (Wildman–Crippen MR) is 315 cm³/mol. The van der Waals surface area contributed by atoms with Crippen LogP contribution in [0.1, 0.15) is 373 Å². The second-order valence-electron chi connectivity index (χ2n) is 22.8. The highest BCUT2D eigenvalue weighted by Crippen LogP contribution is 2.18. The Bertz CT molecular complexity index is 1080. The Labute approximate surface area is 450 Å². The van der Waals surface area contributed by atoms with Crippen LogP contribution in [0.3, 0.4) is 0 Å². The molecule has 0 heterocycles. The van der Waals surface area contributed by atoms with E-state index in [1.165, 1.54) is 302 Å². The molecule has 0 saturated carbocycles. The molecule has 0 aliphatic carbocycles. The number of aliphatic hydroxyl groups excluding tert-OH is 2. The summed E-state index contributed by atoms with van der Waals surface area (Å²) < 4.78 is 5.50. The molecule has 6 heteroatoms. The average molecular weight is 1020 g/mol. The summed E-state index contributed by atoms with van der Waals surface area (Å²) in [5, 5.41) is 23.2. The fourth-order valence-electron chi connectivity index (χ4n) is 10.5. The number of aliphatic hydroxyl groups is 2. The fraction of sp³-hybridized carbons (Fsp3) is 0.939. The zero-order valence-corrected chi connectivity index (χ0v) is 48.9. The number of carbonyl (C=O) groups excluding carboxylic acids is 2. The minimum absolute atomic E-state index is 0.0200. The lowest BCUT2D eigenvalue weighted by Gasteiger charge is -2.22. The second-order valence-corrected chi connectivity index (χ2v) is 22.8. The van der Waals surface area contributed by atoms with Crippen LogP contribution >= 0.6 is 0 Å². The molecule has 3 N–H and O–H groups in total. The molecule has 0 bridgehead atoms. The smallest absolute Gasteiger partial charge is 0.305 e. The van der Waals surface area contributed by atoms with E-state index in [1.807, 2.05) is 0 Å². The molecule has 2 unspecified atom stereocenters. The Morgan fingerprint density at radius 2 is 0.653 bits per heavy atom. The molecule has 0 aliphatic heterocycles. The third kappa shape index (κ3) is 57.9. The molecule has 0 spiro atoms. The van der Waals surface area contributed by atoms with Gasteiger partial charge in [0.05, 0.1) is 25.4 Å². The van der Waals surface area contributed by atoms with Crippen LogP contribution in [0.25, 0.3) is 0 Å². The van der Waals surface area contributed by atoms with E-state index in [4.69, 9.17) is 4.74 Å². The summed E-state index contributed by atoms with van der Waals surface area (Å²) in [5.41, 5.74) is 0. The summed E-state index contributed by atoms with van der Waals surface area (Å²) >= 11 is 0. The van der Waals surface area contributed by atoms with E-state index < -0.39 is 12.1 Å². The van der Waals surface area contributed by atoms with Gasteiger partial charge in [-0.15, -0.1) is 0 Å². The average Bonchev–Trinajstić information content (AvgIpc) is 3.38. The monoisotopic (exact) mass is 1020 g/mol. The first-order chi connectivity index (χ1) is 35.5. The Morgan fingerprint density at radius 1 is 0.375 bits per heavy atom. The number of nitrogens with one attached hydrogen (secondary N) is 1. The quantitative estimate of drug-likeness (QED) is 0.0320. The number of unbranched alkanes of at least 4 members (excludes halogenated alkanes) is 49. The number of rotatable bonds is 62. The molecule has 72 heavy (non-hydrogen) atoms. The van der Waals surface area contributed by atoms with Gasteiger partial charge in [0.15, 0.2) is 0 Å². The van der Waals surface area contributed by atoms with Crippen molar-refractivity contribution in [1.29, 1.82) is 0 Å². The number of ether oxygens (including phenoxy) is 1. The van der Waals surface area contributed by atoms with Gasteiger partial charge in [0.2, 0.25) is 5.91 Å². The standard InChI is InChI=1S/C66H129NO5/c1-3-5-7-9-11-13-15-16-17-33-36-40-44-48-52-56-60-66(71)72-61-57-53-49-45-41-37-34-31-29-27-25-23-21-19-18-20-22-24-26-28-30-32-35-39-43-47-51-55-59-65(70)67-63(62-68)64(69)58-54-50-46-42-38-14-12-10-8-6-4-2/h18-19,63-64,68-69H,3-17,20-62H2,1-2H3,(H,67,70)/b19-18-. The summed E-state index contributed by atoms with van der Waals surface area (Å²) in [5.74, 6) is -0.0141. The van der Waals surface area contributed by atoms with Crippen LogP contribution in [0.2, 0.25) is 0 Å². The van der Waals surface area contributed by atoms with Crippen LogP contribution < -0.4 is 5.32 Å². The Morgan fingerprint density at radius 3 is 0.986 bits per heavy atom. The molecule has 2 atom stereocenters. The van der Waals surface area contributed by atoms with Crippen molar-refractivity contribution < 1.29 is 24.5 Å². The number of carbonyl (C=O) groups is 2. The van der Waals surface area contributed by atoms with Gasteiger partial charge < -0.3 is 20.3 Å². The van der Waals surface area contributed by atoms with Crippen molar-refractivity contribution in [2.24, 2.45) is 0 Å². The summed E-state index contributed by atoms with van der Waals surface area (Å²) in [7, 11) is 0. The van der Waals surface area contributed by atoms with Gasteiger partial charge in [0, 0.05) is 12.8 Å². The lowest BCUT2D eigenvalue weighted by atomic mass is 10.0. The summed E-state index contributed by atoms with van der Waals surface area (Å²) in [4.78, 5) is 24.5. The van der Waals surface area contributed by atoms with Gasteiger partial charge in [0.1, 0.15) is 0 Å². The molecular weight excluding hydrogens is 887 g/mol. The molecule has 0 aromatic carbocycles. The van der Waals surface area contributed by atoms with Gasteiger partial charge in [-0.05, 0) is 51.4 Å². The maximum atomic E-state index is 12.5. The van der Waals surface area contributed by atoms with Gasteiger partial charge in [-0.3, -0.25) is 9.59 Å². The van der Waals surface area contributed by atoms with Gasteiger partial charge in [0.25, 0.3) is 0 Å². The number of allylic oxidation sites excluding steroid dienone is 2. The molecule has 0 aliphatic rings. The van der Waals surface area contributed by atoms with Gasteiger partial charge in [-0.2, -0.15) is 0 Å². The van der Waals surface area contributed by atoms with Crippen LogP contribution in [0.15, 0.2) is 12.2 Å². The largest absolute Gasteiger partial charge is 0.466 e. The number of hydrogen-bond donors (Lipinski definition) is 3. The van der Waals surface area contributed by atoms with Crippen LogP contribution in [-0.2, 0) is 14.3 Å². The lowest BCUT2D eigenvalue weighted by Crippen LogP contribution is -2.45. The van der Waals surface area contributed by atoms with E-state index >= 15 is 0 Å². The highest BCUT2D eigenvalue weighted by atomic mass is 16.5. The van der Waals surface area contributed by atoms with Gasteiger partial charge >= 0.3 is 5.97 Å². The first kappa shape index (κ1) is 70.6. The lowest BCUT2D eigenvalue weighted by molar-refractivity contribution is -0.143. The van der Waals surface area contributed by atoms with E-state index in [2.05, 4.69) is 31.3 Å². The third-order valence-corrected chi connectivity index (χ3v) is 15.6. The molecule has 0 aromatic rings. The summed E-state index contributed by atoms with van der Waals surface area (Å²) in [6, 6.07) is -0.539. The topological polar surface area (TPSA) is 95.9 Å². The molecule has 1 amide bonds. The van der Waals surface area contributed by atoms with Gasteiger partial charge in [-0.25, -0.2) is 0 Å². The zero-order chi connectivity index (χ0) is 52.2. The first-order valence-corrected chi connectivity index (χ1v) is 32.9. The second kappa shape index (κ2) is 62.1. The molecule has 6 nitrogen and oxygen atoms in total. The first-order valence-electron chi connectivity index (χ1n) is 32.9. The molecule has 428 valence electrons. The molecule has 0 aromatic heterocycles. The molecule has 0 radical (unpaired) electrons. The minimum Gasteiger partial charge on any atom is -0.466 e. The molecule has 0 saturated heterocycles. The number of amides is 1. The van der Waals surface area contributed by atoms with Crippen molar-refractivity contribution in [3.05, 3.63) is 12.2 Å². The van der Waals surface area contributed by atoms with E-state index in [-0.39, 0.29) is 18.5 Å². The maximum Gasteiger partial charge on any atom is 0.305 e. The van der Waals surface area contributed by atoms with E-state index in [9.17, 15) is 19.8 Å². The Kier molecular flexibility index (Phi) is 60.9. The predicted octanol–water partition coefficient (Wildman–Crippen LogP) is 20.8. The number of hydrogen-bond acceptors (Lipinski definition) is 5. The fourth-order valence-corrected chi connectivity index (χ4v) is 10.5. The zero-order valence-electron chi connectivity index (χ0n) is 48.9. The Hall–Kier alpha value is -1.40. The highest BCUT2D eigenvalue weighted by Gasteiger charge is 2.20. The van der Waals surface area contributed by atoms with Crippen LogP contribution in [0, 0.1) is 0 Å². The maximum absolute atomic E-state index is 12.5. The highest BCUT2D eigenvalue weighted by molar-refractivity contribution is 5.76. The number of esters is 1. The molecule has 0 fully saturated rings. The van der Waals surface area contributed by atoms with E-state index in [0.717, 1.165) is 38.5 Å². The molecule has 0 rings (SSSR count). The van der Waals surface area contributed by atoms with Crippen LogP contribution in [0.5, 0.6) is 0 Å². The van der Waals surface area contributed by atoms with Crippen molar-refractivity contribution in [2.75, 3.05) is 13.2 Å². The normalized spacial score (nSPS) is 12.6. The van der Waals surface area contributed by atoms with Crippen LogP contribution in [0.4, 0.5) is 0 Å². The minimum atomic E-state index is -0.662. The summed E-state index contributed by atoms with van der Waals surface area (Å²) in [6.07, 6.45) is 75.3. The SMILES string of the molecule is CCCCCCCCCCCCCCCCCCC(=O)OCCCCCCCCCCCCCC/C=C\CCCCCCCCCCCCCCC(=O)NC(CO)C(O)CCCCCCCCCCCCC. The summed E-state index contributed by atoms with van der Waals surface area (Å²) in [6.45, 7) is 4.98. The van der Waals surface area contributed by atoms with Crippen molar-refractivity contribution in [3.63, 3.8) is 0 Å².